The van der Waals surface area contributed by atoms with Gasteiger partial charge in [-0.2, -0.15) is 0 Å². The molecule has 0 aromatic heterocycles. The Labute approximate surface area is 118 Å². The van der Waals surface area contributed by atoms with E-state index in [4.69, 9.17) is 9.88 Å². The van der Waals surface area contributed by atoms with Gasteiger partial charge in [0.25, 0.3) is 5.91 Å². The molecular formula is C13H18N2O4S. The van der Waals surface area contributed by atoms with Gasteiger partial charge < -0.3 is 9.64 Å². The van der Waals surface area contributed by atoms with Crippen molar-refractivity contribution in [3.8, 4) is 0 Å². The summed E-state index contributed by atoms with van der Waals surface area (Å²) in [4.78, 5) is 14.0. The summed E-state index contributed by atoms with van der Waals surface area (Å²) >= 11 is 0. The first-order chi connectivity index (χ1) is 9.43. The number of primary sulfonamides is 1. The van der Waals surface area contributed by atoms with E-state index in [2.05, 4.69) is 0 Å². The predicted molar refractivity (Wildman–Crippen MR) is 73.7 cm³/mol. The van der Waals surface area contributed by atoms with Crippen molar-refractivity contribution in [3.63, 3.8) is 0 Å². The molecule has 0 spiro atoms. The van der Waals surface area contributed by atoms with Crippen molar-refractivity contribution in [1.82, 2.24) is 4.90 Å². The molecule has 110 valence electrons. The number of amides is 1. The zero-order chi connectivity index (χ0) is 14.8. The summed E-state index contributed by atoms with van der Waals surface area (Å²) in [7, 11) is -2.28. The number of likely N-dealkylation sites (tertiary alicyclic amines) is 1. The lowest BCUT2D eigenvalue weighted by Crippen LogP contribution is -2.31. The van der Waals surface area contributed by atoms with E-state index in [0.29, 0.717) is 25.6 Å². The van der Waals surface area contributed by atoms with E-state index in [1.807, 2.05) is 0 Å². The molecule has 1 aromatic carbocycles. The molecule has 1 unspecified atom stereocenters. The SMILES string of the molecule is COCC1CCN(C(=O)c2ccccc2S(N)(=O)=O)C1. The van der Waals surface area contributed by atoms with Gasteiger partial charge >= 0.3 is 0 Å². The van der Waals surface area contributed by atoms with E-state index in [1.54, 1.807) is 24.1 Å². The van der Waals surface area contributed by atoms with Crippen molar-refractivity contribution < 1.29 is 17.9 Å². The minimum absolute atomic E-state index is 0.125. The average molecular weight is 298 g/mol. The number of nitrogens with zero attached hydrogens (tertiary/aromatic N) is 1. The van der Waals surface area contributed by atoms with Crippen LogP contribution in [0.15, 0.2) is 29.2 Å². The molecule has 0 saturated carbocycles. The lowest BCUT2D eigenvalue weighted by atomic mass is 10.1. The van der Waals surface area contributed by atoms with Crippen molar-refractivity contribution in [3.05, 3.63) is 29.8 Å². The van der Waals surface area contributed by atoms with Crippen LogP contribution in [0.2, 0.25) is 0 Å². The van der Waals surface area contributed by atoms with E-state index >= 15 is 0 Å². The molecule has 1 amide bonds. The molecule has 1 heterocycles. The maximum absolute atomic E-state index is 12.4. The molecule has 1 aliphatic heterocycles. The molecule has 0 radical (unpaired) electrons. The van der Waals surface area contributed by atoms with Crippen LogP contribution in [0.5, 0.6) is 0 Å². The first-order valence-corrected chi connectivity index (χ1v) is 7.88. The quantitative estimate of drug-likeness (QED) is 0.873. The van der Waals surface area contributed by atoms with Crippen LogP contribution in [0.1, 0.15) is 16.8 Å². The fraction of sp³-hybridized carbons (Fsp3) is 0.462. The van der Waals surface area contributed by atoms with Gasteiger partial charge in [-0.25, -0.2) is 13.6 Å². The highest BCUT2D eigenvalue weighted by Gasteiger charge is 2.29. The maximum Gasteiger partial charge on any atom is 0.255 e. The number of hydrogen-bond donors (Lipinski definition) is 1. The summed E-state index contributed by atoms with van der Waals surface area (Å²) in [6, 6.07) is 6.02. The fourth-order valence-electron chi connectivity index (χ4n) is 2.45. The Kier molecular flexibility index (Phi) is 4.42. The molecule has 7 heteroatoms. The van der Waals surface area contributed by atoms with Crippen molar-refractivity contribution in [2.45, 2.75) is 11.3 Å². The molecule has 1 aliphatic rings. The third-order valence-corrected chi connectivity index (χ3v) is 4.37. The zero-order valence-corrected chi connectivity index (χ0v) is 12.1. The minimum Gasteiger partial charge on any atom is -0.384 e. The van der Waals surface area contributed by atoms with E-state index in [1.165, 1.54) is 12.1 Å². The Hall–Kier alpha value is -1.44. The molecular weight excluding hydrogens is 280 g/mol. The van der Waals surface area contributed by atoms with Gasteiger partial charge in [0.15, 0.2) is 0 Å². The number of methoxy groups -OCH3 is 1. The lowest BCUT2D eigenvalue weighted by molar-refractivity contribution is 0.0771. The van der Waals surface area contributed by atoms with Crippen molar-refractivity contribution in [2.24, 2.45) is 11.1 Å². The molecule has 1 fully saturated rings. The van der Waals surface area contributed by atoms with Crippen LogP contribution < -0.4 is 5.14 Å². The Morgan fingerprint density at radius 3 is 2.80 bits per heavy atom. The molecule has 6 nitrogen and oxygen atoms in total. The van der Waals surface area contributed by atoms with E-state index < -0.39 is 10.0 Å². The number of rotatable bonds is 4. The Balaban J connectivity index is 2.23. The van der Waals surface area contributed by atoms with Crippen LogP contribution in [0, 0.1) is 5.92 Å². The summed E-state index contributed by atoms with van der Waals surface area (Å²) in [5, 5.41) is 5.15. The number of nitrogens with two attached hydrogens (primary N) is 1. The topological polar surface area (TPSA) is 89.7 Å². The number of hydrogen-bond acceptors (Lipinski definition) is 4. The monoisotopic (exact) mass is 298 g/mol. The van der Waals surface area contributed by atoms with Gasteiger partial charge in [-0.1, -0.05) is 12.1 Å². The molecule has 1 saturated heterocycles. The minimum atomic E-state index is -3.90. The number of carbonyl (C=O) groups is 1. The molecule has 20 heavy (non-hydrogen) atoms. The zero-order valence-electron chi connectivity index (χ0n) is 11.3. The van der Waals surface area contributed by atoms with Gasteiger partial charge in [0, 0.05) is 26.1 Å². The smallest absolute Gasteiger partial charge is 0.255 e. The largest absolute Gasteiger partial charge is 0.384 e. The average Bonchev–Trinajstić information content (AvgIpc) is 2.86. The Morgan fingerprint density at radius 2 is 2.15 bits per heavy atom. The lowest BCUT2D eigenvalue weighted by Gasteiger charge is -2.18. The van der Waals surface area contributed by atoms with Crippen LogP contribution in [0.25, 0.3) is 0 Å². The van der Waals surface area contributed by atoms with E-state index in [0.717, 1.165) is 6.42 Å². The van der Waals surface area contributed by atoms with Gasteiger partial charge in [0.2, 0.25) is 10.0 Å². The highest BCUT2D eigenvalue weighted by Crippen LogP contribution is 2.22. The summed E-state index contributed by atoms with van der Waals surface area (Å²) in [6.45, 7) is 1.78. The van der Waals surface area contributed by atoms with Gasteiger partial charge in [0.05, 0.1) is 17.1 Å². The second-order valence-corrected chi connectivity index (χ2v) is 6.43. The third kappa shape index (κ3) is 3.17. The van der Waals surface area contributed by atoms with Crippen LogP contribution in [-0.4, -0.2) is 46.0 Å². The molecule has 1 aromatic rings. The second kappa shape index (κ2) is 5.90. The van der Waals surface area contributed by atoms with Crippen LogP contribution >= 0.6 is 0 Å². The predicted octanol–water partition coefficient (Wildman–Crippen LogP) is 0.443. The summed E-state index contributed by atoms with van der Waals surface area (Å²) in [5.74, 6) is -0.00109. The van der Waals surface area contributed by atoms with E-state index in [-0.39, 0.29) is 16.4 Å². The summed E-state index contributed by atoms with van der Waals surface area (Å²) in [5.41, 5.74) is 0.132. The molecule has 2 rings (SSSR count). The van der Waals surface area contributed by atoms with Crippen LogP contribution in [0.4, 0.5) is 0 Å². The highest BCUT2D eigenvalue weighted by molar-refractivity contribution is 7.89. The van der Waals surface area contributed by atoms with E-state index in [9.17, 15) is 13.2 Å². The first kappa shape index (κ1) is 15.0. The fourth-order valence-corrected chi connectivity index (χ4v) is 3.18. The van der Waals surface area contributed by atoms with Crippen molar-refractivity contribution in [2.75, 3.05) is 26.8 Å². The van der Waals surface area contributed by atoms with Gasteiger partial charge in [-0.15, -0.1) is 0 Å². The van der Waals surface area contributed by atoms with Crippen LogP contribution in [0.3, 0.4) is 0 Å². The van der Waals surface area contributed by atoms with Gasteiger partial charge in [-0.3, -0.25) is 4.79 Å². The van der Waals surface area contributed by atoms with Crippen LogP contribution in [-0.2, 0) is 14.8 Å². The second-order valence-electron chi connectivity index (χ2n) is 4.90. The number of benzene rings is 1. The summed E-state index contributed by atoms with van der Waals surface area (Å²) < 4.78 is 28.1. The first-order valence-electron chi connectivity index (χ1n) is 6.33. The molecule has 0 aliphatic carbocycles. The van der Waals surface area contributed by atoms with Gasteiger partial charge in [0.1, 0.15) is 0 Å². The third-order valence-electron chi connectivity index (χ3n) is 3.40. The normalized spacial score (nSPS) is 19.3. The number of ether oxygens (including phenoxy) is 1. The molecule has 1 atom stereocenters. The van der Waals surface area contributed by atoms with Crippen molar-refractivity contribution >= 4 is 15.9 Å². The van der Waals surface area contributed by atoms with Crippen molar-refractivity contribution in [1.29, 1.82) is 0 Å². The Morgan fingerprint density at radius 1 is 1.45 bits per heavy atom. The number of carbonyl (C=O) groups excluding carboxylic acids is 1. The number of sulfonamides is 1. The van der Waals surface area contributed by atoms with Gasteiger partial charge in [-0.05, 0) is 18.6 Å². The maximum atomic E-state index is 12.4. The summed E-state index contributed by atoms with van der Waals surface area (Å²) in [6.07, 6.45) is 0.858. The highest BCUT2D eigenvalue weighted by atomic mass is 32.2. The standard InChI is InChI=1S/C13H18N2O4S/c1-19-9-10-6-7-15(8-10)13(16)11-4-2-3-5-12(11)20(14,17)18/h2-5,10H,6-9H2,1H3,(H2,14,17,18). The molecule has 2 N–H and O–H groups in total. The Bertz CT molecular complexity index is 600. The molecule has 0 bridgehead atoms.